The molecule has 0 aromatic rings. The van der Waals surface area contributed by atoms with Crippen LogP contribution in [0.15, 0.2) is 12.2 Å². The Morgan fingerprint density at radius 1 is 1.55 bits per heavy atom. The van der Waals surface area contributed by atoms with Crippen molar-refractivity contribution in [2.75, 3.05) is 13.7 Å². The highest BCUT2D eigenvalue weighted by atomic mass is 35.5. The van der Waals surface area contributed by atoms with E-state index in [0.29, 0.717) is 6.61 Å². The van der Waals surface area contributed by atoms with Crippen molar-refractivity contribution in [2.24, 2.45) is 5.92 Å². The van der Waals surface area contributed by atoms with E-state index in [0.717, 1.165) is 6.42 Å². The Hall–Kier alpha value is 0.280. The van der Waals surface area contributed by atoms with Crippen LogP contribution in [0.4, 0.5) is 0 Å². The molecule has 0 saturated carbocycles. The molecule has 3 atom stereocenters. The SMILES string of the molecule is COCC1C(Cl)C=CCC1Cl. The molecule has 3 unspecified atom stereocenters. The molecule has 0 spiro atoms. The fourth-order valence-electron chi connectivity index (χ4n) is 1.24. The molecule has 1 rings (SSSR count). The van der Waals surface area contributed by atoms with Gasteiger partial charge in [-0.1, -0.05) is 12.2 Å². The van der Waals surface area contributed by atoms with Crippen LogP contribution in [0, 0.1) is 5.92 Å². The maximum Gasteiger partial charge on any atom is 0.0580 e. The second-order valence-electron chi connectivity index (χ2n) is 2.74. The molecule has 0 radical (unpaired) electrons. The van der Waals surface area contributed by atoms with Crippen LogP contribution >= 0.6 is 23.2 Å². The van der Waals surface area contributed by atoms with Crippen LogP contribution in [0.3, 0.4) is 0 Å². The number of ether oxygens (including phenoxy) is 1. The number of allylic oxidation sites excluding steroid dienone is 2. The molecule has 1 aliphatic rings. The molecule has 0 heterocycles. The monoisotopic (exact) mass is 194 g/mol. The second kappa shape index (κ2) is 4.34. The lowest BCUT2D eigenvalue weighted by molar-refractivity contribution is 0.150. The summed E-state index contributed by atoms with van der Waals surface area (Å²) in [5.41, 5.74) is 0. The van der Waals surface area contributed by atoms with Gasteiger partial charge in [0, 0.05) is 18.4 Å². The van der Waals surface area contributed by atoms with Gasteiger partial charge >= 0.3 is 0 Å². The van der Waals surface area contributed by atoms with Crippen molar-refractivity contribution in [1.29, 1.82) is 0 Å². The first kappa shape index (κ1) is 9.37. The molecule has 0 aromatic heterocycles. The molecule has 1 aliphatic carbocycles. The van der Waals surface area contributed by atoms with E-state index >= 15 is 0 Å². The summed E-state index contributed by atoms with van der Waals surface area (Å²) < 4.78 is 5.02. The molecule has 0 N–H and O–H groups in total. The number of halogens is 2. The minimum absolute atomic E-state index is 0.0335. The Kier molecular flexibility index (Phi) is 3.70. The molecule has 3 heteroatoms. The highest BCUT2D eigenvalue weighted by Crippen LogP contribution is 2.28. The maximum absolute atomic E-state index is 6.04. The van der Waals surface area contributed by atoms with Crippen LogP contribution in [0.25, 0.3) is 0 Å². The smallest absolute Gasteiger partial charge is 0.0580 e. The lowest BCUT2D eigenvalue weighted by Crippen LogP contribution is -2.30. The van der Waals surface area contributed by atoms with Crippen LogP contribution < -0.4 is 0 Å². The van der Waals surface area contributed by atoms with Crippen LogP contribution in [0.5, 0.6) is 0 Å². The van der Waals surface area contributed by atoms with Crippen LogP contribution in [0.2, 0.25) is 0 Å². The summed E-state index contributed by atoms with van der Waals surface area (Å²) >= 11 is 12.0. The van der Waals surface area contributed by atoms with Crippen LogP contribution in [-0.2, 0) is 4.74 Å². The van der Waals surface area contributed by atoms with Gasteiger partial charge in [-0.25, -0.2) is 0 Å². The van der Waals surface area contributed by atoms with E-state index in [1.54, 1.807) is 7.11 Å². The van der Waals surface area contributed by atoms with Gasteiger partial charge in [0.15, 0.2) is 0 Å². The molecule has 0 aliphatic heterocycles. The Bertz CT molecular complexity index is 147. The predicted molar refractivity (Wildman–Crippen MR) is 48.4 cm³/mol. The van der Waals surface area contributed by atoms with E-state index in [-0.39, 0.29) is 16.7 Å². The van der Waals surface area contributed by atoms with E-state index < -0.39 is 0 Å². The summed E-state index contributed by atoms with van der Waals surface area (Å²) in [6.07, 6.45) is 4.92. The van der Waals surface area contributed by atoms with Gasteiger partial charge in [-0.05, 0) is 6.42 Å². The Balaban J connectivity index is 2.52. The number of hydrogen-bond acceptors (Lipinski definition) is 1. The standard InChI is InChI=1S/C8H12Cl2O/c1-11-5-6-7(9)3-2-4-8(6)10/h2-3,6-8H,4-5H2,1H3. The van der Waals surface area contributed by atoms with Gasteiger partial charge < -0.3 is 4.74 Å². The van der Waals surface area contributed by atoms with Gasteiger partial charge in [0.2, 0.25) is 0 Å². The van der Waals surface area contributed by atoms with Crippen molar-refractivity contribution >= 4 is 23.2 Å². The van der Waals surface area contributed by atoms with Crippen LogP contribution in [0.1, 0.15) is 6.42 Å². The minimum Gasteiger partial charge on any atom is -0.384 e. The summed E-state index contributed by atoms with van der Waals surface area (Å²) in [6.45, 7) is 0.646. The Morgan fingerprint density at radius 3 is 2.82 bits per heavy atom. The van der Waals surface area contributed by atoms with Crippen molar-refractivity contribution in [2.45, 2.75) is 17.2 Å². The molecule has 0 fully saturated rings. The normalized spacial score (nSPS) is 37.5. The fourth-order valence-corrected chi connectivity index (χ4v) is 2.00. The largest absolute Gasteiger partial charge is 0.384 e. The fraction of sp³-hybridized carbons (Fsp3) is 0.750. The second-order valence-corrected chi connectivity index (χ2v) is 3.81. The first-order valence-electron chi connectivity index (χ1n) is 3.69. The third-order valence-corrected chi connectivity index (χ3v) is 2.88. The summed E-state index contributed by atoms with van der Waals surface area (Å²) in [7, 11) is 1.67. The molecular weight excluding hydrogens is 183 g/mol. The van der Waals surface area contributed by atoms with Gasteiger partial charge in [0.05, 0.1) is 12.0 Å². The average molecular weight is 195 g/mol. The van der Waals surface area contributed by atoms with E-state index in [1.807, 2.05) is 12.2 Å². The molecule has 64 valence electrons. The Morgan fingerprint density at radius 2 is 2.27 bits per heavy atom. The Labute approximate surface area is 77.3 Å². The first-order chi connectivity index (χ1) is 5.25. The zero-order valence-electron chi connectivity index (χ0n) is 6.47. The number of hydrogen-bond donors (Lipinski definition) is 0. The molecule has 0 bridgehead atoms. The van der Waals surface area contributed by atoms with Crippen molar-refractivity contribution in [3.8, 4) is 0 Å². The highest BCUT2D eigenvalue weighted by molar-refractivity contribution is 6.25. The molecule has 0 amide bonds. The topological polar surface area (TPSA) is 9.23 Å². The van der Waals surface area contributed by atoms with Gasteiger partial charge in [-0.2, -0.15) is 0 Å². The predicted octanol–water partition coefficient (Wildman–Crippen LogP) is 2.42. The van der Waals surface area contributed by atoms with E-state index in [1.165, 1.54) is 0 Å². The first-order valence-corrected chi connectivity index (χ1v) is 4.56. The summed E-state index contributed by atoms with van der Waals surface area (Å²) in [5.74, 6) is 0.258. The third-order valence-electron chi connectivity index (χ3n) is 1.91. The van der Waals surface area contributed by atoms with Gasteiger partial charge in [0.1, 0.15) is 0 Å². The zero-order chi connectivity index (χ0) is 8.27. The molecule has 0 aromatic carbocycles. The van der Waals surface area contributed by atoms with E-state index in [9.17, 15) is 0 Å². The third kappa shape index (κ3) is 2.36. The van der Waals surface area contributed by atoms with E-state index in [4.69, 9.17) is 27.9 Å². The summed E-state index contributed by atoms with van der Waals surface area (Å²) in [5, 5.41) is 0.161. The van der Waals surface area contributed by atoms with E-state index in [2.05, 4.69) is 0 Å². The summed E-state index contributed by atoms with van der Waals surface area (Å²) in [4.78, 5) is 0. The van der Waals surface area contributed by atoms with Crippen molar-refractivity contribution in [1.82, 2.24) is 0 Å². The van der Waals surface area contributed by atoms with Gasteiger partial charge in [0.25, 0.3) is 0 Å². The molecule has 1 nitrogen and oxygen atoms in total. The zero-order valence-corrected chi connectivity index (χ0v) is 7.98. The minimum atomic E-state index is 0.0335. The van der Waals surface area contributed by atoms with Gasteiger partial charge in [-0.15, -0.1) is 23.2 Å². The molecular formula is C8H12Cl2O. The maximum atomic E-state index is 6.04. The number of rotatable bonds is 2. The lowest BCUT2D eigenvalue weighted by Gasteiger charge is -2.26. The number of alkyl halides is 2. The molecule has 0 saturated heterocycles. The average Bonchev–Trinajstić information content (AvgIpc) is 1.97. The summed E-state index contributed by atoms with van der Waals surface area (Å²) in [6, 6.07) is 0. The lowest BCUT2D eigenvalue weighted by atomic mass is 9.94. The highest BCUT2D eigenvalue weighted by Gasteiger charge is 2.27. The van der Waals surface area contributed by atoms with Crippen molar-refractivity contribution in [3.63, 3.8) is 0 Å². The quantitative estimate of drug-likeness (QED) is 0.485. The number of methoxy groups -OCH3 is 1. The molecule has 11 heavy (non-hydrogen) atoms. The van der Waals surface area contributed by atoms with Crippen LogP contribution in [-0.4, -0.2) is 24.5 Å². The van der Waals surface area contributed by atoms with Gasteiger partial charge in [-0.3, -0.25) is 0 Å². The van der Waals surface area contributed by atoms with Crippen molar-refractivity contribution < 1.29 is 4.74 Å². The van der Waals surface area contributed by atoms with Crippen molar-refractivity contribution in [3.05, 3.63) is 12.2 Å².